The number of hydrogen-bond donors (Lipinski definition) is 0. The van der Waals surface area contributed by atoms with Crippen molar-refractivity contribution < 1.29 is 4.74 Å². The minimum Gasteiger partial charge on any atom is -0.371 e. The Morgan fingerprint density at radius 1 is 1.48 bits per heavy atom. The number of nitrogens with zero attached hydrogens (tertiary/aromatic N) is 4. The fourth-order valence-electron chi connectivity index (χ4n) is 2.72. The fourth-order valence-corrected chi connectivity index (χ4v) is 3.20. The molecular weight excluding hydrogens is 379 g/mol. The van der Waals surface area contributed by atoms with Crippen molar-refractivity contribution in [1.82, 2.24) is 9.97 Å². The number of hydrogen-bond acceptors (Lipinski definition) is 5. The summed E-state index contributed by atoms with van der Waals surface area (Å²) in [5.41, 5.74) is 2.07. The van der Waals surface area contributed by atoms with E-state index >= 15 is 0 Å². The first-order valence-electron chi connectivity index (χ1n) is 6.83. The third-order valence-electron chi connectivity index (χ3n) is 3.57. The summed E-state index contributed by atoms with van der Waals surface area (Å²) in [6.07, 6.45) is 3.88. The van der Waals surface area contributed by atoms with E-state index in [1.165, 1.54) is 0 Å². The number of alkyl halides is 1. The van der Waals surface area contributed by atoms with Crippen LogP contribution in [0.15, 0.2) is 24.5 Å². The van der Waals surface area contributed by atoms with E-state index in [1.54, 1.807) is 12.4 Å². The number of ether oxygens (including phenoxy) is 1. The van der Waals surface area contributed by atoms with E-state index in [4.69, 9.17) is 4.74 Å². The Labute approximate surface area is 137 Å². The Morgan fingerprint density at radius 2 is 2.33 bits per heavy atom. The first-order chi connectivity index (χ1) is 10.2. The number of morpholine rings is 1. The van der Waals surface area contributed by atoms with Crippen molar-refractivity contribution in [2.45, 2.75) is 19.1 Å². The summed E-state index contributed by atoms with van der Waals surface area (Å²) in [6.45, 7) is 3.75. The standard InChI is InChI=1S/C15H15IN4O/c1-10-8-20(9-11(5-16)21-10)14-7-19-13(6-17)15-12(14)3-2-4-18-15/h2-4,7,10-11H,5,8-9H2,1H3/t10-,11+/m1/s1. The largest absolute Gasteiger partial charge is 0.371 e. The second-order valence-electron chi connectivity index (χ2n) is 5.13. The smallest absolute Gasteiger partial charge is 0.166 e. The molecule has 3 rings (SSSR count). The maximum atomic E-state index is 9.17. The van der Waals surface area contributed by atoms with E-state index in [2.05, 4.69) is 50.5 Å². The summed E-state index contributed by atoms with van der Waals surface area (Å²) in [4.78, 5) is 10.9. The number of fused-ring (bicyclic) bond motifs is 1. The zero-order chi connectivity index (χ0) is 14.8. The second kappa shape index (κ2) is 6.12. The molecule has 0 aliphatic carbocycles. The summed E-state index contributed by atoms with van der Waals surface area (Å²) in [7, 11) is 0. The van der Waals surface area contributed by atoms with Crippen LogP contribution in [0.3, 0.4) is 0 Å². The molecule has 21 heavy (non-hydrogen) atoms. The molecule has 0 N–H and O–H groups in total. The number of pyridine rings is 2. The Kier molecular flexibility index (Phi) is 4.22. The highest BCUT2D eigenvalue weighted by molar-refractivity contribution is 14.1. The lowest BCUT2D eigenvalue weighted by atomic mass is 10.1. The number of rotatable bonds is 2. The molecular formula is C15H15IN4O. The Bertz CT molecular complexity index is 700. The van der Waals surface area contributed by atoms with Crippen LogP contribution in [-0.2, 0) is 4.74 Å². The highest BCUT2D eigenvalue weighted by atomic mass is 127. The first kappa shape index (κ1) is 14.5. The molecule has 1 fully saturated rings. The zero-order valence-corrected chi connectivity index (χ0v) is 13.8. The van der Waals surface area contributed by atoms with Crippen molar-refractivity contribution in [3.05, 3.63) is 30.2 Å². The average molecular weight is 394 g/mol. The van der Waals surface area contributed by atoms with Crippen molar-refractivity contribution in [1.29, 1.82) is 5.26 Å². The maximum Gasteiger partial charge on any atom is 0.166 e. The SMILES string of the molecule is C[C@@H]1CN(c2cnc(C#N)c3ncccc23)C[C@H](CI)O1. The van der Waals surface area contributed by atoms with Crippen LogP contribution in [0.25, 0.3) is 10.9 Å². The van der Waals surface area contributed by atoms with Gasteiger partial charge in [-0.3, -0.25) is 4.98 Å². The van der Waals surface area contributed by atoms with E-state index in [0.717, 1.165) is 28.6 Å². The summed E-state index contributed by atoms with van der Waals surface area (Å²) in [6, 6.07) is 6.01. The molecule has 5 nitrogen and oxygen atoms in total. The highest BCUT2D eigenvalue weighted by Crippen LogP contribution is 2.29. The van der Waals surface area contributed by atoms with Crippen LogP contribution < -0.4 is 4.90 Å². The number of aromatic nitrogens is 2. The molecule has 2 aromatic heterocycles. The van der Waals surface area contributed by atoms with Crippen LogP contribution in [0.2, 0.25) is 0 Å². The average Bonchev–Trinajstić information content (AvgIpc) is 2.53. The first-order valence-corrected chi connectivity index (χ1v) is 8.35. The van der Waals surface area contributed by atoms with Crippen molar-refractivity contribution >= 4 is 39.2 Å². The molecule has 0 radical (unpaired) electrons. The zero-order valence-electron chi connectivity index (χ0n) is 11.7. The minimum absolute atomic E-state index is 0.181. The Hall–Kier alpha value is -1.46. The molecule has 6 heteroatoms. The number of anilines is 1. The van der Waals surface area contributed by atoms with Gasteiger partial charge in [0.2, 0.25) is 0 Å². The maximum absolute atomic E-state index is 9.17. The van der Waals surface area contributed by atoms with E-state index in [9.17, 15) is 5.26 Å². The lowest BCUT2D eigenvalue weighted by Gasteiger charge is -2.37. The van der Waals surface area contributed by atoms with E-state index in [0.29, 0.717) is 11.2 Å². The van der Waals surface area contributed by atoms with Crippen LogP contribution in [0, 0.1) is 11.3 Å². The van der Waals surface area contributed by atoms with Gasteiger partial charge < -0.3 is 9.64 Å². The summed E-state index contributed by atoms with van der Waals surface area (Å²) in [5, 5.41) is 10.1. The van der Waals surface area contributed by atoms with E-state index < -0.39 is 0 Å². The Balaban J connectivity index is 2.07. The molecule has 0 aromatic carbocycles. The van der Waals surface area contributed by atoms with Crippen LogP contribution in [0.4, 0.5) is 5.69 Å². The molecule has 3 heterocycles. The monoisotopic (exact) mass is 394 g/mol. The van der Waals surface area contributed by atoms with Gasteiger partial charge in [0.25, 0.3) is 0 Å². The van der Waals surface area contributed by atoms with Crippen molar-refractivity contribution in [2.24, 2.45) is 0 Å². The number of halogens is 1. The fraction of sp³-hybridized carbons (Fsp3) is 0.400. The lowest BCUT2D eigenvalue weighted by Crippen LogP contribution is -2.47. The van der Waals surface area contributed by atoms with Crippen LogP contribution >= 0.6 is 22.6 Å². The predicted octanol–water partition coefficient (Wildman–Crippen LogP) is 2.53. The third kappa shape index (κ3) is 2.80. The quantitative estimate of drug-likeness (QED) is 0.579. The van der Waals surface area contributed by atoms with Gasteiger partial charge in [-0.1, -0.05) is 22.6 Å². The third-order valence-corrected chi connectivity index (χ3v) is 4.55. The Morgan fingerprint density at radius 3 is 3.10 bits per heavy atom. The van der Waals surface area contributed by atoms with Gasteiger partial charge in [-0.15, -0.1) is 0 Å². The van der Waals surface area contributed by atoms with Gasteiger partial charge in [0.05, 0.1) is 24.1 Å². The summed E-state index contributed by atoms with van der Waals surface area (Å²) >= 11 is 2.35. The normalized spacial score (nSPS) is 22.2. The van der Waals surface area contributed by atoms with Gasteiger partial charge in [0.1, 0.15) is 11.6 Å². The molecule has 0 bridgehead atoms. The second-order valence-corrected chi connectivity index (χ2v) is 6.01. The van der Waals surface area contributed by atoms with Crippen LogP contribution in [0.5, 0.6) is 0 Å². The lowest BCUT2D eigenvalue weighted by molar-refractivity contribution is -0.00102. The van der Waals surface area contributed by atoms with Crippen LogP contribution in [-0.4, -0.2) is 39.7 Å². The van der Waals surface area contributed by atoms with Gasteiger partial charge in [-0.05, 0) is 19.1 Å². The molecule has 0 spiro atoms. The van der Waals surface area contributed by atoms with Gasteiger partial charge in [0.15, 0.2) is 5.69 Å². The van der Waals surface area contributed by atoms with Gasteiger partial charge in [0, 0.05) is 29.1 Å². The molecule has 1 aliphatic rings. The molecule has 2 atom stereocenters. The molecule has 0 amide bonds. The molecule has 2 aromatic rings. The molecule has 1 saturated heterocycles. The van der Waals surface area contributed by atoms with Crippen LogP contribution in [0.1, 0.15) is 12.6 Å². The van der Waals surface area contributed by atoms with Gasteiger partial charge in [-0.2, -0.15) is 5.26 Å². The molecule has 0 saturated carbocycles. The topological polar surface area (TPSA) is 62.0 Å². The molecule has 0 unspecified atom stereocenters. The van der Waals surface area contributed by atoms with E-state index in [1.807, 2.05) is 12.1 Å². The minimum atomic E-state index is 0.181. The summed E-state index contributed by atoms with van der Waals surface area (Å²) < 4.78 is 6.86. The molecule has 108 valence electrons. The van der Waals surface area contributed by atoms with E-state index in [-0.39, 0.29) is 12.2 Å². The van der Waals surface area contributed by atoms with Crippen molar-refractivity contribution in [3.63, 3.8) is 0 Å². The van der Waals surface area contributed by atoms with Crippen molar-refractivity contribution in [3.8, 4) is 6.07 Å². The van der Waals surface area contributed by atoms with Gasteiger partial charge >= 0.3 is 0 Å². The van der Waals surface area contributed by atoms with Gasteiger partial charge in [-0.25, -0.2) is 4.98 Å². The predicted molar refractivity (Wildman–Crippen MR) is 89.7 cm³/mol. The summed E-state index contributed by atoms with van der Waals surface area (Å²) in [5.74, 6) is 0. The highest BCUT2D eigenvalue weighted by Gasteiger charge is 2.26. The van der Waals surface area contributed by atoms with Crippen molar-refractivity contribution in [2.75, 3.05) is 22.4 Å². The number of nitriles is 1. The molecule has 1 aliphatic heterocycles.